The average molecular weight is 186 g/mol. The van der Waals surface area contributed by atoms with Crippen LogP contribution in [-0.4, -0.2) is 36.8 Å². The fourth-order valence-corrected chi connectivity index (χ4v) is 1.20. The minimum Gasteiger partial charge on any atom is -0.495 e. The van der Waals surface area contributed by atoms with Crippen molar-refractivity contribution >= 4 is 0 Å². The highest BCUT2D eigenvalue weighted by Crippen LogP contribution is 2.27. The van der Waals surface area contributed by atoms with Crippen molar-refractivity contribution < 1.29 is 19.7 Å². The first-order valence-electron chi connectivity index (χ1n) is 4.00. The van der Waals surface area contributed by atoms with E-state index in [1.807, 2.05) is 0 Å². The molecule has 0 spiro atoms. The summed E-state index contributed by atoms with van der Waals surface area (Å²) in [5, 5.41) is 18.6. The van der Waals surface area contributed by atoms with Crippen LogP contribution in [-0.2, 0) is 9.47 Å². The van der Waals surface area contributed by atoms with Gasteiger partial charge in [-0.1, -0.05) is 6.08 Å². The van der Waals surface area contributed by atoms with Gasteiger partial charge in [0.2, 0.25) is 5.79 Å². The molecule has 2 N–H and O–H groups in total. The molecule has 0 fully saturated rings. The molecule has 0 radical (unpaired) electrons. The maximum atomic E-state index is 9.77. The second kappa shape index (κ2) is 3.91. The predicted molar refractivity (Wildman–Crippen MR) is 46.8 cm³/mol. The van der Waals surface area contributed by atoms with Crippen molar-refractivity contribution in [1.29, 1.82) is 0 Å². The van der Waals surface area contributed by atoms with Crippen LogP contribution in [0.15, 0.2) is 24.0 Å². The van der Waals surface area contributed by atoms with Crippen molar-refractivity contribution in [2.45, 2.75) is 5.79 Å². The van der Waals surface area contributed by atoms with Gasteiger partial charge < -0.3 is 19.7 Å². The lowest BCUT2D eigenvalue weighted by atomic mass is 9.99. The van der Waals surface area contributed by atoms with E-state index in [1.54, 1.807) is 12.2 Å². The van der Waals surface area contributed by atoms with Gasteiger partial charge >= 0.3 is 0 Å². The molecule has 2 atom stereocenters. The second-order valence-corrected chi connectivity index (χ2v) is 2.84. The Kier molecular flexibility index (Phi) is 3.08. The third-order valence-corrected chi connectivity index (χ3v) is 2.03. The molecule has 0 amide bonds. The van der Waals surface area contributed by atoms with Crippen molar-refractivity contribution in [1.82, 2.24) is 0 Å². The summed E-state index contributed by atoms with van der Waals surface area (Å²) >= 11 is 0. The molecule has 1 rings (SSSR count). The molecule has 0 aliphatic heterocycles. The molecule has 4 nitrogen and oxygen atoms in total. The van der Waals surface area contributed by atoms with Crippen LogP contribution in [0.5, 0.6) is 0 Å². The van der Waals surface area contributed by atoms with Gasteiger partial charge in [-0.25, -0.2) is 0 Å². The SMILES string of the molecule is COC1=CC(CO)C=CC1(O)OC. The number of aliphatic hydroxyl groups is 2. The van der Waals surface area contributed by atoms with Crippen molar-refractivity contribution in [2.24, 2.45) is 5.92 Å². The highest BCUT2D eigenvalue weighted by molar-refractivity contribution is 5.24. The van der Waals surface area contributed by atoms with Crippen LogP contribution in [0.2, 0.25) is 0 Å². The van der Waals surface area contributed by atoms with Crippen molar-refractivity contribution in [3.05, 3.63) is 24.0 Å². The Balaban J connectivity index is 2.87. The molecule has 0 aromatic carbocycles. The van der Waals surface area contributed by atoms with Gasteiger partial charge in [-0.3, -0.25) is 0 Å². The molecule has 0 heterocycles. The van der Waals surface area contributed by atoms with Crippen molar-refractivity contribution in [2.75, 3.05) is 20.8 Å². The molecule has 0 aromatic heterocycles. The number of rotatable bonds is 3. The van der Waals surface area contributed by atoms with Gasteiger partial charge in [-0.2, -0.15) is 0 Å². The van der Waals surface area contributed by atoms with Gasteiger partial charge in [0.05, 0.1) is 13.7 Å². The summed E-state index contributed by atoms with van der Waals surface area (Å²) in [5.41, 5.74) is 0. The number of hydrogen-bond donors (Lipinski definition) is 2. The van der Waals surface area contributed by atoms with Crippen LogP contribution in [0.4, 0.5) is 0 Å². The van der Waals surface area contributed by atoms with E-state index in [0.29, 0.717) is 5.76 Å². The summed E-state index contributed by atoms with van der Waals surface area (Å²) in [6.07, 6.45) is 4.77. The molecule has 0 saturated carbocycles. The summed E-state index contributed by atoms with van der Waals surface area (Å²) < 4.78 is 9.82. The molecular weight excluding hydrogens is 172 g/mol. The molecule has 0 aromatic rings. The summed E-state index contributed by atoms with van der Waals surface area (Å²) in [6, 6.07) is 0. The van der Waals surface area contributed by atoms with E-state index in [9.17, 15) is 5.11 Å². The van der Waals surface area contributed by atoms with Crippen molar-refractivity contribution in [3.8, 4) is 0 Å². The zero-order chi connectivity index (χ0) is 9.90. The molecule has 0 bridgehead atoms. The van der Waals surface area contributed by atoms with Gasteiger partial charge in [0.25, 0.3) is 0 Å². The molecule has 4 heteroatoms. The van der Waals surface area contributed by atoms with E-state index in [-0.39, 0.29) is 12.5 Å². The minimum absolute atomic E-state index is 0.0108. The van der Waals surface area contributed by atoms with E-state index in [2.05, 4.69) is 0 Å². The Labute approximate surface area is 77.1 Å². The standard InChI is InChI=1S/C9H14O4/c1-12-8-5-7(6-10)3-4-9(8,11)13-2/h3-5,7,10-11H,6H2,1-2H3. The van der Waals surface area contributed by atoms with Gasteiger partial charge in [0.1, 0.15) is 0 Å². The Hall–Kier alpha value is -0.840. The monoisotopic (exact) mass is 186 g/mol. The molecule has 2 unspecified atom stereocenters. The average Bonchev–Trinajstić information content (AvgIpc) is 2.18. The van der Waals surface area contributed by atoms with Crippen LogP contribution in [0.3, 0.4) is 0 Å². The predicted octanol–water partition coefficient (Wildman–Crippen LogP) is 0.0300. The van der Waals surface area contributed by atoms with E-state index >= 15 is 0 Å². The Morgan fingerprint density at radius 1 is 1.54 bits per heavy atom. The number of aliphatic hydroxyl groups excluding tert-OH is 1. The number of ether oxygens (including phenoxy) is 2. The topological polar surface area (TPSA) is 58.9 Å². The zero-order valence-corrected chi connectivity index (χ0v) is 7.73. The normalized spacial score (nSPS) is 32.9. The molecule has 1 aliphatic rings. The van der Waals surface area contributed by atoms with Gasteiger partial charge in [0, 0.05) is 13.0 Å². The summed E-state index contributed by atoms with van der Waals surface area (Å²) in [6.45, 7) is -0.0108. The second-order valence-electron chi connectivity index (χ2n) is 2.84. The van der Waals surface area contributed by atoms with Gasteiger partial charge in [-0.05, 0) is 12.2 Å². The molecule has 0 saturated heterocycles. The van der Waals surface area contributed by atoms with Gasteiger partial charge in [0.15, 0.2) is 5.76 Å². The molecular formula is C9H14O4. The van der Waals surface area contributed by atoms with Crippen LogP contribution in [0.1, 0.15) is 0 Å². The maximum Gasteiger partial charge on any atom is 0.245 e. The largest absolute Gasteiger partial charge is 0.495 e. The lowest BCUT2D eigenvalue weighted by molar-refractivity contribution is -0.144. The number of hydrogen-bond acceptors (Lipinski definition) is 4. The lowest BCUT2D eigenvalue weighted by Gasteiger charge is -2.28. The highest BCUT2D eigenvalue weighted by atomic mass is 16.6. The van der Waals surface area contributed by atoms with E-state index < -0.39 is 5.79 Å². The Morgan fingerprint density at radius 2 is 2.23 bits per heavy atom. The summed E-state index contributed by atoms with van der Waals surface area (Å²) in [5.74, 6) is -1.30. The number of methoxy groups -OCH3 is 2. The van der Waals surface area contributed by atoms with Crippen LogP contribution in [0, 0.1) is 5.92 Å². The summed E-state index contributed by atoms with van der Waals surface area (Å²) in [7, 11) is 2.83. The van der Waals surface area contributed by atoms with E-state index in [1.165, 1.54) is 20.3 Å². The van der Waals surface area contributed by atoms with E-state index in [0.717, 1.165) is 0 Å². The van der Waals surface area contributed by atoms with Crippen LogP contribution < -0.4 is 0 Å². The zero-order valence-electron chi connectivity index (χ0n) is 7.73. The lowest BCUT2D eigenvalue weighted by Crippen LogP contribution is -2.34. The van der Waals surface area contributed by atoms with Crippen molar-refractivity contribution in [3.63, 3.8) is 0 Å². The first-order chi connectivity index (χ1) is 6.16. The van der Waals surface area contributed by atoms with Crippen LogP contribution >= 0.6 is 0 Å². The fourth-order valence-electron chi connectivity index (χ4n) is 1.20. The fraction of sp³-hybridized carbons (Fsp3) is 0.556. The molecule has 1 aliphatic carbocycles. The third-order valence-electron chi connectivity index (χ3n) is 2.03. The van der Waals surface area contributed by atoms with Crippen LogP contribution in [0.25, 0.3) is 0 Å². The maximum absolute atomic E-state index is 9.77. The van der Waals surface area contributed by atoms with Gasteiger partial charge in [-0.15, -0.1) is 0 Å². The summed E-state index contributed by atoms with van der Waals surface area (Å²) in [4.78, 5) is 0. The molecule has 74 valence electrons. The molecule has 13 heavy (non-hydrogen) atoms. The third kappa shape index (κ3) is 1.91. The van der Waals surface area contributed by atoms with E-state index in [4.69, 9.17) is 14.6 Å². The quantitative estimate of drug-likeness (QED) is 0.482. The Bertz CT molecular complexity index is 234. The first-order valence-corrected chi connectivity index (χ1v) is 4.00. The highest BCUT2D eigenvalue weighted by Gasteiger charge is 2.33. The first kappa shape index (κ1) is 10.2. The minimum atomic E-state index is -1.49. The Morgan fingerprint density at radius 3 is 2.69 bits per heavy atom. The smallest absolute Gasteiger partial charge is 0.245 e.